The van der Waals surface area contributed by atoms with Crippen LogP contribution >= 0.6 is 7.82 Å². The number of rotatable bonds is 9. The summed E-state index contributed by atoms with van der Waals surface area (Å²) in [5, 5.41) is 11.7. The Labute approximate surface area is 237 Å². The Hall–Kier alpha value is -3.93. The van der Waals surface area contributed by atoms with Gasteiger partial charge in [0.25, 0.3) is 19.1 Å². The SMILES string of the molecule is CO[C@@H]1C(OC(=O)OC(c2ccccc2[N+](=O)[O-])C(C)(C)C)[C@H](n2cnc3c(=O)[nH]c(N)nc32)O[C@@H]1COP(=O)([O-])O. The topological polar surface area (TPSA) is 256 Å². The fourth-order valence-electron chi connectivity index (χ4n) is 4.59. The number of anilines is 1. The van der Waals surface area contributed by atoms with Crippen molar-refractivity contribution in [3.05, 3.63) is 56.6 Å². The monoisotopic (exact) mass is 611 g/mol. The number of hydrogen-bond donors (Lipinski definition) is 3. The molecular formula is C23H28N6O12P-. The standard InChI is InChI=1S/C23H29N6O12P/c1-23(2,3)17(11-7-5-6-8-12(11)29(32)33)41-22(31)40-16-15(37-4)13(9-38-42(34,35)36)39-20(16)28-10-25-14-18(28)26-21(24)27-19(14)30/h5-8,10,13,15-17,20H,9H2,1-4H3,(H2,34,35,36)(H3,24,26,27,30)/p-1/t13-,15+,16?,17?,20-/m1/s1. The van der Waals surface area contributed by atoms with Gasteiger partial charge in [0.1, 0.15) is 18.3 Å². The minimum Gasteiger partial charge on any atom is -0.756 e. The third-order valence-corrected chi connectivity index (χ3v) is 6.81. The number of para-hydroxylation sites is 1. The molecule has 3 unspecified atom stereocenters. The Kier molecular flexibility index (Phi) is 8.68. The molecule has 19 heteroatoms. The number of nitro groups is 1. The Morgan fingerprint density at radius 3 is 2.64 bits per heavy atom. The number of nitro benzene ring substituents is 1. The quantitative estimate of drug-likeness (QED) is 0.133. The Bertz CT molecular complexity index is 1580. The number of phosphoric acid groups is 1. The van der Waals surface area contributed by atoms with E-state index < -0.39 is 67.1 Å². The van der Waals surface area contributed by atoms with E-state index in [1.807, 2.05) is 0 Å². The first-order chi connectivity index (χ1) is 19.6. The number of nitrogen functional groups attached to an aromatic ring is 1. The first kappa shape index (κ1) is 31.0. The van der Waals surface area contributed by atoms with Crippen molar-refractivity contribution >= 4 is 36.8 Å². The van der Waals surface area contributed by atoms with Crippen molar-refractivity contribution in [3.8, 4) is 0 Å². The van der Waals surface area contributed by atoms with Gasteiger partial charge < -0.3 is 39.0 Å². The van der Waals surface area contributed by atoms with Gasteiger partial charge >= 0.3 is 6.16 Å². The molecular weight excluding hydrogens is 583 g/mol. The summed E-state index contributed by atoms with van der Waals surface area (Å²) in [4.78, 5) is 67.4. The second kappa shape index (κ2) is 11.7. The van der Waals surface area contributed by atoms with E-state index in [2.05, 4.69) is 19.5 Å². The summed E-state index contributed by atoms with van der Waals surface area (Å²) >= 11 is 0. The van der Waals surface area contributed by atoms with Gasteiger partial charge in [-0.05, 0) is 6.07 Å². The highest BCUT2D eigenvalue weighted by Crippen LogP contribution is 2.42. The van der Waals surface area contributed by atoms with Crippen molar-refractivity contribution in [1.29, 1.82) is 0 Å². The van der Waals surface area contributed by atoms with E-state index >= 15 is 0 Å². The number of carbonyl (C=O) groups excluding carboxylic acids is 1. The van der Waals surface area contributed by atoms with Crippen molar-refractivity contribution < 1.29 is 47.5 Å². The molecule has 6 atom stereocenters. The van der Waals surface area contributed by atoms with Crippen LogP contribution in [-0.2, 0) is 28.0 Å². The lowest BCUT2D eigenvalue weighted by Gasteiger charge is -2.31. The highest BCUT2D eigenvalue weighted by Gasteiger charge is 2.50. The van der Waals surface area contributed by atoms with E-state index in [1.165, 1.54) is 29.9 Å². The Balaban J connectivity index is 1.70. The largest absolute Gasteiger partial charge is 0.756 e. The fourth-order valence-corrected chi connectivity index (χ4v) is 4.93. The number of aromatic nitrogens is 4. The zero-order valence-corrected chi connectivity index (χ0v) is 23.6. The molecule has 0 amide bonds. The number of fused-ring (bicyclic) bond motifs is 1. The van der Waals surface area contributed by atoms with Gasteiger partial charge in [-0.1, -0.05) is 32.9 Å². The summed E-state index contributed by atoms with van der Waals surface area (Å²) < 4.78 is 39.6. The van der Waals surface area contributed by atoms with Crippen LogP contribution in [0.3, 0.4) is 0 Å². The number of phosphoric ester groups is 1. The van der Waals surface area contributed by atoms with Gasteiger partial charge in [0.2, 0.25) is 5.95 Å². The molecule has 42 heavy (non-hydrogen) atoms. The fraction of sp³-hybridized carbons (Fsp3) is 0.478. The van der Waals surface area contributed by atoms with Crippen molar-refractivity contribution in [1.82, 2.24) is 19.5 Å². The lowest BCUT2D eigenvalue weighted by atomic mass is 9.84. The summed E-state index contributed by atoms with van der Waals surface area (Å²) in [5.41, 5.74) is 3.83. The van der Waals surface area contributed by atoms with Crippen LogP contribution in [0, 0.1) is 15.5 Å². The normalized spacial score (nSPS) is 22.9. The average Bonchev–Trinajstić information content (AvgIpc) is 3.45. The number of nitrogens with two attached hydrogens (primary N) is 1. The predicted molar refractivity (Wildman–Crippen MR) is 140 cm³/mol. The van der Waals surface area contributed by atoms with Crippen molar-refractivity contribution in [2.24, 2.45) is 5.41 Å². The molecule has 3 aromatic rings. The van der Waals surface area contributed by atoms with E-state index in [0.717, 1.165) is 6.33 Å². The van der Waals surface area contributed by atoms with Crippen LogP contribution in [0.5, 0.6) is 0 Å². The number of hydrogen-bond acceptors (Lipinski definition) is 14. The van der Waals surface area contributed by atoms with E-state index in [-0.39, 0.29) is 28.4 Å². The van der Waals surface area contributed by atoms with Gasteiger partial charge in [-0.15, -0.1) is 0 Å². The second-order valence-electron chi connectivity index (χ2n) is 10.3. The number of imidazole rings is 1. The Morgan fingerprint density at radius 1 is 1.33 bits per heavy atom. The number of H-pyrrole nitrogens is 1. The zero-order valence-electron chi connectivity index (χ0n) is 22.7. The lowest BCUT2D eigenvalue weighted by molar-refractivity contribution is -0.386. The minimum atomic E-state index is -5.19. The molecule has 0 radical (unpaired) electrons. The predicted octanol–water partition coefficient (Wildman–Crippen LogP) is 1.31. The van der Waals surface area contributed by atoms with Gasteiger partial charge in [0.05, 0.1) is 23.4 Å². The molecule has 4 rings (SSSR count). The molecule has 1 saturated heterocycles. The number of nitrogens with one attached hydrogen (secondary N) is 1. The zero-order chi connectivity index (χ0) is 31.0. The van der Waals surface area contributed by atoms with E-state index in [0.29, 0.717) is 0 Å². The number of benzene rings is 1. The molecule has 1 aliphatic heterocycles. The molecule has 3 heterocycles. The van der Waals surface area contributed by atoms with Crippen molar-refractivity contribution in [2.45, 2.75) is 51.4 Å². The maximum atomic E-state index is 13.3. The van der Waals surface area contributed by atoms with E-state index in [1.54, 1.807) is 26.8 Å². The summed E-state index contributed by atoms with van der Waals surface area (Å²) in [6, 6.07) is 5.76. The number of methoxy groups -OCH3 is 1. The molecule has 18 nitrogen and oxygen atoms in total. The van der Waals surface area contributed by atoms with Crippen LogP contribution in [0.25, 0.3) is 11.2 Å². The summed E-state index contributed by atoms with van der Waals surface area (Å²) in [5.74, 6) is -0.252. The third kappa shape index (κ3) is 6.59. The van der Waals surface area contributed by atoms with E-state index in [4.69, 9.17) is 29.6 Å². The molecule has 0 spiro atoms. The minimum absolute atomic E-state index is 0.0660. The number of aromatic amines is 1. The molecule has 0 saturated carbocycles. The maximum absolute atomic E-state index is 13.3. The average molecular weight is 611 g/mol. The summed E-state index contributed by atoms with van der Waals surface area (Å²) in [6.07, 6.45) is -6.50. The van der Waals surface area contributed by atoms with Gasteiger partial charge in [-0.2, -0.15) is 4.98 Å². The highest BCUT2D eigenvalue weighted by atomic mass is 31.2. The maximum Gasteiger partial charge on any atom is 0.509 e. The van der Waals surface area contributed by atoms with Crippen molar-refractivity contribution in [2.75, 3.05) is 19.5 Å². The van der Waals surface area contributed by atoms with Crippen LogP contribution < -0.4 is 16.2 Å². The molecule has 1 aromatic carbocycles. The number of carbonyl (C=O) groups is 1. The van der Waals surface area contributed by atoms with Crippen LogP contribution in [0.1, 0.15) is 38.7 Å². The first-order valence-corrected chi connectivity index (χ1v) is 13.8. The molecule has 0 aliphatic carbocycles. The van der Waals surface area contributed by atoms with Crippen LogP contribution in [-0.4, -0.2) is 67.5 Å². The van der Waals surface area contributed by atoms with Gasteiger partial charge in [0, 0.05) is 18.6 Å². The van der Waals surface area contributed by atoms with E-state index in [9.17, 15) is 29.2 Å². The van der Waals surface area contributed by atoms with Gasteiger partial charge in [-0.3, -0.25) is 29.0 Å². The molecule has 4 N–H and O–H groups in total. The summed E-state index contributed by atoms with van der Waals surface area (Å²) in [6.45, 7) is 4.37. The highest BCUT2D eigenvalue weighted by molar-refractivity contribution is 7.44. The Morgan fingerprint density at radius 2 is 2.02 bits per heavy atom. The molecule has 2 aromatic heterocycles. The van der Waals surface area contributed by atoms with Crippen molar-refractivity contribution in [3.63, 3.8) is 0 Å². The molecule has 1 aliphatic rings. The number of nitrogens with zero attached hydrogens (tertiary/aromatic N) is 4. The molecule has 0 bridgehead atoms. The summed E-state index contributed by atoms with van der Waals surface area (Å²) in [7, 11) is -3.96. The van der Waals surface area contributed by atoms with Crippen LogP contribution in [0.15, 0.2) is 35.4 Å². The first-order valence-electron chi connectivity index (χ1n) is 12.3. The smallest absolute Gasteiger partial charge is 0.509 e. The molecule has 228 valence electrons. The second-order valence-corrected chi connectivity index (χ2v) is 11.5. The van der Waals surface area contributed by atoms with Crippen LogP contribution in [0.4, 0.5) is 16.4 Å². The van der Waals surface area contributed by atoms with Crippen LogP contribution in [0.2, 0.25) is 0 Å². The van der Waals surface area contributed by atoms with Gasteiger partial charge in [-0.25, -0.2) is 9.78 Å². The lowest BCUT2D eigenvalue weighted by Crippen LogP contribution is -2.39. The number of ether oxygens (including phenoxy) is 4. The van der Waals surface area contributed by atoms with Gasteiger partial charge in [0.15, 0.2) is 23.5 Å². The third-order valence-electron chi connectivity index (χ3n) is 6.33. The molecule has 1 fully saturated rings.